The number of aliphatic hydroxyl groups excluding tert-OH is 1. The van der Waals surface area contributed by atoms with Crippen molar-refractivity contribution in [2.75, 3.05) is 19.7 Å². The monoisotopic (exact) mass is 229 g/mol. The molecule has 94 valence electrons. The van der Waals surface area contributed by atoms with Crippen molar-refractivity contribution in [1.29, 1.82) is 0 Å². The van der Waals surface area contributed by atoms with Crippen molar-refractivity contribution in [3.63, 3.8) is 0 Å². The molecule has 0 saturated heterocycles. The molecule has 1 aliphatic rings. The number of nitrogens with zero attached hydrogens (tertiary/aromatic N) is 1. The van der Waals surface area contributed by atoms with Crippen LogP contribution >= 0.6 is 0 Å². The fraction of sp³-hybridized carbons (Fsp3) is 0.909. The van der Waals surface area contributed by atoms with Crippen molar-refractivity contribution in [2.24, 2.45) is 28.6 Å². The Kier molecular flexibility index (Phi) is 5.55. The molecule has 16 heavy (non-hydrogen) atoms. The topological polar surface area (TPSA) is 90.9 Å². The zero-order chi connectivity index (χ0) is 12.0. The highest BCUT2D eigenvalue weighted by Crippen LogP contribution is 2.30. The Morgan fingerprint density at radius 2 is 2.19 bits per heavy atom. The molecule has 1 saturated carbocycles. The van der Waals surface area contributed by atoms with E-state index in [0.29, 0.717) is 25.0 Å². The molecular weight excluding hydrogens is 206 g/mol. The molecule has 1 rings (SSSR count). The van der Waals surface area contributed by atoms with E-state index in [1.165, 1.54) is 12.8 Å². The molecule has 0 spiro atoms. The van der Waals surface area contributed by atoms with E-state index < -0.39 is 0 Å². The fourth-order valence-electron chi connectivity index (χ4n) is 2.31. The predicted molar refractivity (Wildman–Crippen MR) is 63.4 cm³/mol. The van der Waals surface area contributed by atoms with Gasteiger partial charge < -0.3 is 21.4 Å². The number of aliphatic hydroxyl groups is 1. The third-order valence-corrected chi connectivity index (χ3v) is 3.53. The second-order valence-corrected chi connectivity index (χ2v) is 4.72. The van der Waals surface area contributed by atoms with E-state index in [4.69, 9.17) is 10.9 Å². The molecule has 0 aromatic rings. The summed E-state index contributed by atoms with van der Waals surface area (Å²) in [6.07, 6.45) is 3.54. The van der Waals surface area contributed by atoms with Gasteiger partial charge in [0.25, 0.3) is 0 Å². The first kappa shape index (κ1) is 13.3. The van der Waals surface area contributed by atoms with E-state index in [-0.39, 0.29) is 11.8 Å². The molecule has 1 fully saturated rings. The van der Waals surface area contributed by atoms with E-state index in [1.54, 1.807) is 0 Å². The van der Waals surface area contributed by atoms with Gasteiger partial charge in [-0.15, -0.1) is 0 Å². The maximum Gasteiger partial charge on any atom is 0.143 e. The smallest absolute Gasteiger partial charge is 0.143 e. The van der Waals surface area contributed by atoms with Gasteiger partial charge in [0.15, 0.2) is 0 Å². The molecule has 0 heterocycles. The van der Waals surface area contributed by atoms with Gasteiger partial charge in [-0.25, -0.2) is 0 Å². The highest BCUT2D eigenvalue weighted by Gasteiger charge is 2.26. The van der Waals surface area contributed by atoms with Crippen LogP contribution in [-0.4, -0.2) is 35.8 Å². The summed E-state index contributed by atoms with van der Waals surface area (Å²) in [7, 11) is 0. The van der Waals surface area contributed by atoms with Gasteiger partial charge in [0, 0.05) is 19.1 Å². The quantitative estimate of drug-likeness (QED) is 0.229. The van der Waals surface area contributed by atoms with Crippen LogP contribution in [0.4, 0.5) is 0 Å². The summed E-state index contributed by atoms with van der Waals surface area (Å²) < 4.78 is 0. The van der Waals surface area contributed by atoms with Crippen LogP contribution in [0.25, 0.3) is 0 Å². The van der Waals surface area contributed by atoms with Gasteiger partial charge in [0.1, 0.15) is 5.84 Å². The summed E-state index contributed by atoms with van der Waals surface area (Å²) in [4.78, 5) is 0. The number of oxime groups is 1. The third kappa shape index (κ3) is 3.64. The lowest BCUT2D eigenvalue weighted by Gasteiger charge is -2.19. The summed E-state index contributed by atoms with van der Waals surface area (Å²) in [5.74, 6) is 1.33. The molecule has 0 bridgehead atoms. The van der Waals surface area contributed by atoms with Crippen LogP contribution in [0.5, 0.6) is 0 Å². The average molecular weight is 229 g/mol. The highest BCUT2D eigenvalue weighted by atomic mass is 16.4. The van der Waals surface area contributed by atoms with E-state index in [2.05, 4.69) is 10.5 Å². The Balaban J connectivity index is 2.20. The lowest BCUT2D eigenvalue weighted by molar-refractivity contribution is 0.192. The van der Waals surface area contributed by atoms with Crippen molar-refractivity contribution in [1.82, 2.24) is 5.32 Å². The lowest BCUT2D eigenvalue weighted by atomic mass is 9.97. The Bertz CT molecular complexity index is 233. The minimum absolute atomic E-state index is 0.0407. The Morgan fingerprint density at radius 1 is 1.50 bits per heavy atom. The zero-order valence-corrected chi connectivity index (χ0v) is 9.89. The first-order chi connectivity index (χ1) is 7.69. The molecule has 0 amide bonds. The maximum atomic E-state index is 9.17. The zero-order valence-electron chi connectivity index (χ0n) is 9.89. The van der Waals surface area contributed by atoms with Crippen molar-refractivity contribution >= 4 is 5.84 Å². The van der Waals surface area contributed by atoms with E-state index in [9.17, 15) is 5.11 Å². The number of nitrogens with one attached hydrogen (secondary N) is 1. The van der Waals surface area contributed by atoms with Crippen LogP contribution < -0.4 is 11.1 Å². The van der Waals surface area contributed by atoms with Crippen LogP contribution in [0.1, 0.15) is 26.2 Å². The number of hydrogen-bond acceptors (Lipinski definition) is 4. The summed E-state index contributed by atoms with van der Waals surface area (Å²) in [6.45, 7) is 3.83. The number of nitrogens with two attached hydrogens (primary N) is 1. The van der Waals surface area contributed by atoms with Crippen LogP contribution in [0.3, 0.4) is 0 Å². The van der Waals surface area contributed by atoms with Gasteiger partial charge in [-0.1, -0.05) is 18.5 Å². The molecule has 0 aromatic carbocycles. The number of rotatable bonds is 6. The summed E-state index contributed by atoms with van der Waals surface area (Å²) >= 11 is 0. The predicted octanol–water partition coefficient (Wildman–Crippen LogP) is 0.367. The van der Waals surface area contributed by atoms with Gasteiger partial charge >= 0.3 is 0 Å². The molecular formula is C11H23N3O2. The minimum atomic E-state index is 0.0407. The lowest BCUT2D eigenvalue weighted by Crippen LogP contribution is -2.34. The van der Waals surface area contributed by atoms with E-state index >= 15 is 0 Å². The van der Waals surface area contributed by atoms with E-state index in [1.807, 2.05) is 6.92 Å². The molecule has 3 atom stereocenters. The first-order valence-electron chi connectivity index (χ1n) is 5.98. The molecule has 5 N–H and O–H groups in total. The van der Waals surface area contributed by atoms with Crippen LogP contribution in [-0.2, 0) is 0 Å². The number of hydrogen-bond donors (Lipinski definition) is 4. The minimum Gasteiger partial charge on any atom is -0.409 e. The highest BCUT2D eigenvalue weighted by molar-refractivity contribution is 5.82. The van der Waals surface area contributed by atoms with Crippen molar-refractivity contribution in [3.05, 3.63) is 0 Å². The SMILES string of the molecule is CC(CNCC1CCCC1CO)C(N)=NO. The van der Waals surface area contributed by atoms with Crippen molar-refractivity contribution in [3.8, 4) is 0 Å². The molecule has 5 heteroatoms. The van der Waals surface area contributed by atoms with Gasteiger partial charge in [0.2, 0.25) is 0 Å². The van der Waals surface area contributed by atoms with Crippen LogP contribution in [0, 0.1) is 17.8 Å². The Labute approximate surface area is 96.7 Å². The first-order valence-corrected chi connectivity index (χ1v) is 5.98. The standard InChI is InChI=1S/C11H23N3O2/c1-8(11(12)14-16)5-13-6-9-3-2-4-10(9)7-15/h8-10,13,15-16H,2-7H2,1H3,(H2,12,14). The van der Waals surface area contributed by atoms with Crippen molar-refractivity contribution < 1.29 is 10.3 Å². The number of amidine groups is 1. The van der Waals surface area contributed by atoms with Crippen LogP contribution in [0.2, 0.25) is 0 Å². The normalized spacial score (nSPS) is 28.2. The molecule has 5 nitrogen and oxygen atoms in total. The van der Waals surface area contributed by atoms with Gasteiger partial charge in [0.05, 0.1) is 0 Å². The van der Waals surface area contributed by atoms with Gasteiger partial charge in [-0.2, -0.15) is 0 Å². The largest absolute Gasteiger partial charge is 0.409 e. The van der Waals surface area contributed by atoms with Gasteiger partial charge in [-0.05, 0) is 31.2 Å². The summed E-state index contributed by atoms with van der Waals surface area (Å²) in [6, 6.07) is 0. The third-order valence-electron chi connectivity index (χ3n) is 3.53. The summed E-state index contributed by atoms with van der Waals surface area (Å²) in [5.41, 5.74) is 5.48. The second kappa shape index (κ2) is 6.70. The fourth-order valence-corrected chi connectivity index (χ4v) is 2.31. The molecule has 0 aliphatic heterocycles. The van der Waals surface area contributed by atoms with Gasteiger partial charge in [-0.3, -0.25) is 0 Å². The molecule has 0 aromatic heterocycles. The van der Waals surface area contributed by atoms with Crippen LogP contribution in [0.15, 0.2) is 5.16 Å². The molecule has 1 aliphatic carbocycles. The molecule has 3 unspecified atom stereocenters. The maximum absolute atomic E-state index is 9.17. The van der Waals surface area contributed by atoms with E-state index in [0.717, 1.165) is 13.0 Å². The second-order valence-electron chi connectivity index (χ2n) is 4.72. The average Bonchev–Trinajstić information content (AvgIpc) is 2.75. The van der Waals surface area contributed by atoms with Crippen molar-refractivity contribution in [2.45, 2.75) is 26.2 Å². The summed E-state index contributed by atoms with van der Waals surface area (Å²) in [5, 5.41) is 24.0. The Hall–Kier alpha value is -0.810. The Morgan fingerprint density at radius 3 is 2.81 bits per heavy atom. The molecule has 0 radical (unpaired) electrons.